The van der Waals surface area contributed by atoms with Crippen molar-refractivity contribution in [1.29, 1.82) is 0 Å². The van der Waals surface area contributed by atoms with E-state index in [1.165, 1.54) is 97.6 Å². The average molecular weight is 1180 g/mol. The monoisotopic (exact) mass is 1180 g/mol. The first-order valence-electron chi connectivity index (χ1n) is 22.5. The molecule has 0 amide bonds. The molecular formula is C48H48AlF6N9O12S3. The van der Waals surface area contributed by atoms with Gasteiger partial charge in [-0.25, -0.2) is 0 Å². The van der Waals surface area contributed by atoms with Crippen molar-refractivity contribution in [2.45, 2.75) is 53.6 Å². The van der Waals surface area contributed by atoms with Crippen LogP contribution in [0.25, 0.3) is 16.0 Å². The van der Waals surface area contributed by atoms with Gasteiger partial charge in [0, 0.05) is 53.9 Å². The third-order valence-corrected chi connectivity index (χ3v) is 14.7. The number of nitrogens with zero attached hydrogens (tertiary/aromatic N) is 6. The predicted molar refractivity (Wildman–Crippen MR) is 284 cm³/mol. The molecule has 79 heavy (non-hydrogen) atoms. The Morgan fingerprint density at radius 1 is 0.443 bits per heavy atom. The minimum absolute atomic E-state index is 0. The van der Waals surface area contributed by atoms with E-state index in [1.54, 1.807) is 36.4 Å². The van der Waals surface area contributed by atoms with E-state index in [1.807, 2.05) is 0 Å². The third-order valence-electron chi connectivity index (χ3n) is 10.9. The molecule has 6 unspecified atom stereocenters. The fourth-order valence-electron chi connectivity index (χ4n) is 7.50. The topological polar surface area (TPSA) is 269 Å². The summed E-state index contributed by atoms with van der Waals surface area (Å²) < 4.78 is 156. The van der Waals surface area contributed by atoms with Gasteiger partial charge in [0.1, 0.15) is 50.8 Å². The average Bonchev–Trinajstić information content (AvgIpc) is 4.25. The molecule has 3 aliphatic heterocycles. The number of fused-ring (bicyclic) bond motifs is 3. The second-order valence-corrected chi connectivity index (χ2v) is 20.1. The fourth-order valence-corrected chi connectivity index (χ4v) is 10.9. The van der Waals surface area contributed by atoms with E-state index >= 15 is 0 Å². The number of methoxy groups -OCH3 is 6. The number of hydrogen-bond donors (Lipinski definition) is 3. The van der Waals surface area contributed by atoms with Crippen LogP contribution in [0.4, 0.5) is 60.5 Å². The van der Waals surface area contributed by atoms with Gasteiger partial charge in [-0.15, -0.1) is 17.1 Å². The van der Waals surface area contributed by atoms with Crippen LogP contribution in [0.5, 0.6) is 51.7 Å². The number of halogens is 6. The first-order chi connectivity index (χ1) is 37.5. The summed E-state index contributed by atoms with van der Waals surface area (Å²) in [6.07, 6.45) is 4.61. The van der Waals surface area contributed by atoms with Crippen LogP contribution in [-0.2, 0) is 50.8 Å². The summed E-state index contributed by atoms with van der Waals surface area (Å²) in [7, 11) is 8.94. The molecule has 6 aromatic rings. The maximum absolute atomic E-state index is 12.7. The van der Waals surface area contributed by atoms with Gasteiger partial charge in [0.15, 0.2) is 51.8 Å². The van der Waals surface area contributed by atoms with Gasteiger partial charge in [-0.2, -0.15) is 26.3 Å². The molecule has 31 heteroatoms. The van der Waals surface area contributed by atoms with Crippen LogP contribution in [0.1, 0.15) is 17.1 Å². The number of nitrogens with one attached hydrogen (secondary N) is 3. The van der Waals surface area contributed by atoms with Crippen molar-refractivity contribution in [3.8, 4) is 51.7 Å². The quantitative estimate of drug-likeness (QED) is 0.0344. The van der Waals surface area contributed by atoms with E-state index in [0.29, 0.717) is 85.7 Å². The van der Waals surface area contributed by atoms with Crippen molar-refractivity contribution in [2.24, 2.45) is 0 Å². The van der Waals surface area contributed by atoms with E-state index in [-0.39, 0.29) is 51.9 Å². The number of anilines is 3. The van der Waals surface area contributed by atoms with E-state index in [2.05, 4.69) is 61.1 Å². The SMILES string of the molecule is COc1ccnc(C[S+]([O-])C2[N-]c3cc(OC(F)F)ccc3N2)c1OC.COc1ccnc(C[S+]([O-])C2[N-]c3cc(OC(F)F)ccc3N2)c1OC.COc1ccnc(C[S+]([O-])C2[N-]c3cc(OC(F)F)ccc3N2)c1OC.[Al+3]. The molecule has 0 bridgehead atoms. The normalized spacial score (nSPS) is 16.3. The van der Waals surface area contributed by atoms with Gasteiger partial charge >= 0.3 is 37.2 Å². The first-order valence-corrected chi connectivity index (χ1v) is 26.7. The fraction of sp³-hybridized carbons (Fsp3) is 0.312. The smallest absolute Gasteiger partial charge is 0.619 e. The summed E-state index contributed by atoms with van der Waals surface area (Å²) in [5.74, 6) is 2.91. The van der Waals surface area contributed by atoms with E-state index < -0.39 is 69.9 Å². The second-order valence-electron chi connectivity index (χ2n) is 15.6. The molecule has 3 aromatic heterocycles. The molecular weight excluding hydrogens is 1130 g/mol. The van der Waals surface area contributed by atoms with Gasteiger partial charge in [-0.3, -0.25) is 15.0 Å². The van der Waals surface area contributed by atoms with Gasteiger partial charge in [-0.1, -0.05) is 0 Å². The zero-order chi connectivity index (χ0) is 56.0. The van der Waals surface area contributed by atoms with Crippen LogP contribution < -0.4 is 58.6 Å². The van der Waals surface area contributed by atoms with E-state index in [0.717, 1.165) is 0 Å². The zero-order valence-corrected chi connectivity index (χ0v) is 46.0. The Labute approximate surface area is 468 Å². The van der Waals surface area contributed by atoms with Crippen molar-refractivity contribution < 1.29 is 82.6 Å². The summed E-state index contributed by atoms with van der Waals surface area (Å²) in [5, 5.41) is 21.8. The molecule has 0 saturated carbocycles. The van der Waals surface area contributed by atoms with Gasteiger partial charge in [0.25, 0.3) is 0 Å². The van der Waals surface area contributed by atoms with Crippen LogP contribution in [0.15, 0.2) is 91.4 Å². The Bertz CT molecular complexity index is 2660. The van der Waals surface area contributed by atoms with Crippen molar-refractivity contribution in [1.82, 2.24) is 15.0 Å². The van der Waals surface area contributed by atoms with E-state index in [4.69, 9.17) is 28.4 Å². The molecule has 21 nitrogen and oxygen atoms in total. The largest absolute Gasteiger partial charge is 3.00 e. The molecule has 420 valence electrons. The molecule has 0 radical (unpaired) electrons. The molecule has 0 spiro atoms. The van der Waals surface area contributed by atoms with Crippen LogP contribution in [0, 0.1) is 0 Å². The number of alkyl halides is 6. The summed E-state index contributed by atoms with van der Waals surface area (Å²) in [6, 6.07) is 17.9. The summed E-state index contributed by atoms with van der Waals surface area (Å²) >= 11 is -4.43. The molecule has 3 aliphatic rings. The maximum Gasteiger partial charge on any atom is 3.00 e. The van der Waals surface area contributed by atoms with E-state index in [9.17, 15) is 40.0 Å². The third kappa shape index (κ3) is 15.9. The molecule has 6 heterocycles. The zero-order valence-electron chi connectivity index (χ0n) is 42.4. The summed E-state index contributed by atoms with van der Waals surface area (Å²) in [4.78, 5) is 12.6. The number of benzene rings is 3. The Hall–Kier alpha value is -6.85. The van der Waals surface area contributed by atoms with Crippen LogP contribution in [0.2, 0.25) is 0 Å². The predicted octanol–water partition coefficient (Wildman–Crippen LogP) is 9.71. The van der Waals surface area contributed by atoms with Crippen LogP contribution in [-0.4, -0.2) is 125 Å². The summed E-state index contributed by atoms with van der Waals surface area (Å²) in [5.41, 5.74) is 2.23. The molecule has 6 atom stereocenters. The number of hydrogen-bond acceptors (Lipinski definition) is 18. The molecule has 0 aliphatic carbocycles. The summed E-state index contributed by atoms with van der Waals surface area (Å²) in [6.45, 7) is -8.75. The molecule has 3 N–H and O–H groups in total. The minimum atomic E-state index is -2.92. The van der Waals surface area contributed by atoms with Gasteiger partial charge in [0.2, 0.25) is 0 Å². The van der Waals surface area contributed by atoms with Gasteiger partial charge < -0.3 is 88.2 Å². The molecule has 0 saturated heterocycles. The number of pyridine rings is 3. The molecule has 9 rings (SSSR count). The van der Waals surface area contributed by atoms with Crippen molar-refractivity contribution in [3.63, 3.8) is 0 Å². The first kappa shape index (κ1) is 61.4. The maximum atomic E-state index is 12.7. The molecule has 3 aromatic carbocycles. The minimum Gasteiger partial charge on any atom is -0.619 e. The van der Waals surface area contributed by atoms with Crippen molar-refractivity contribution in [3.05, 3.63) is 124 Å². The van der Waals surface area contributed by atoms with Gasteiger partial charge in [-0.05, 0) is 88.1 Å². The number of ether oxygens (including phenoxy) is 9. The van der Waals surface area contributed by atoms with Crippen LogP contribution in [0.3, 0.4) is 0 Å². The van der Waals surface area contributed by atoms with Crippen molar-refractivity contribution >= 4 is 85.0 Å². The van der Waals surface area contributed by atoms with Gasteiger partial charge in [0.05, 0.1) is 42.7 Å². The Balaban J connectivity index is 0.000000190. The van der Waals surface area contributed by atoms with Crippen molar-refractivity contribution in [2.75, 3.05) is 58.6 Å². The molecule has 0 fully saturated rings. The Morgan fingerprint density at radius 2 is 0.709 bits per heavy atom. The Morgan fingerprint density at radius 3 is 0.937 bits per heavy atom. The standard InChI is InChI=1S/3C16H16F2N3O4S.Al/c3*1-23-13-5-6-19-12(14(13)24-2)8-26(22)16-20-10-4-3-9(25-15(17)18)7-11(10)21-16;/h3*3-7,15-16,20H,8H2,1-2H3;/q3*-1;+3. The number of rotatable bonds is 21. The number of aromatic nitrogens is 3. The second kappa shape index (κ2) is 28.9. The van der Waals surface area contributed by atoms with Crippen LogP contribution >= 0.6 is 0 Å². The Kier molecular flexibility index (Phi) is 22.4.